The Balaban J connectivity index is 2.05. The summed E-state index contributed by atoms with van der Waals surface area (Å²) in [6.07, 6.45) is -4.44. The molecule has 4 nitrogen and oxygen atoms in total. The molecule has 3 aromatic rings. The Morgan fingerprint density at radius 3 is 2.52 bits per heavy atom. The number of aryl methyl sites for hydroxylation is 1. The van der Waals surface area contributed by atoms with Crippen molar-refractivity contribution in [3.8, 4) is 5.69 Å². The molecule has 0 saturated carbocycles. The first-order valence-electron chi connectivity index (χ1n) is 8.04. The summed E-state index contributed by atoms with van der Waals surface area (Å²) in [5.41, 5.74) is 0.00577. The zero-order chi connectivity index (χ0) is 19.3. The SMILES string of the molecule is Cc1cn2c(n1)C(O)N=C(c1ccccc1F)c1cc(C(F)(F)F)ccc1-2. The Hall–Kier alpha value is -3.00. The van der Waals surface area contributed by atoms with E-state index in [1.54, 1.807) is 19.2 Å². The number of rotatable bonds is 1. The predicted octanol–water partition coefficient (Wildman–Crippen LogP) is 4.18. The highest BCUT2D eigenvalue weighted by molar-refractivity contribution is 6.15. The van der Waals surface area contributed by atoms with Crippen molar-refractivity contribution in [1.29, 1.82) is 0 Å². The maximum atomic E-state index is 14.4. The number of hydrogen-bond acceptors (Lipinski definition) is 3. The van der Waals surface area contributed by atoms with Crippen molar-refractivity contribution in [2.45, 2.75) is 19.3 Å². The Kier molecular flexibility index (Phi) is 3.88. The normalized spacial score (nSPS) is 16.4. The molecule has 8 heteroatoms. The summed E-state index contributed by atoms with van der Waals surface area (Å²) < 4.78 is 55.6. The van der Waals surface area contributed by atoms with Crippen molar-refractivity contribution in [2.75, 3.05) is 0 Å². The van der Waals surface area contributed by atoms with Gasteiger partial charge in [0, 0.05) is 17.3 Å². The van der Waals surface area contributed by atoms with Crippen LogP contribution < -0.4 is 0 Å². The van der Waals surface area contributed by atoms with Crippen molar-refractivity contribution >= 4 is 5.71 Å². The number of fused-ring (bicyclic) bond motifs is 3. The van der Waals surface area contributed by atoms with Crippen molar-refractivity contribution in [2.24, 2.45) is 4.99 Å². The van der Waals surface area contributed by atoms with Crippen LogP contribution in [0.15, 0.2) is 53.7 Å². The van der Waals surface area contributed by atoms with Gasteiger partial charge in [-0.05, 0) is 37.3 Å². The number of aliphatic imine (C=N–C) groups is 1. The summed E-state index contributed by atoms with van der Waals surface area (Å²) in [6, 6.07) is 8.74. The summed E-state index contributed by atoms with van der Waals surface area (Å²) in [5.74, 6) is -0.498. The maximum Gasteiger partial charge on any atom is 0.416 e. The number of halogens is 4. The molecule has 0 bridgehead atoms. The van der Waals surface area contributed by atoms with Gasteiger partial charge >= 0.3 is 6.18 Å². The van der Waals surface area contributed by atoms with Gasteiger partial charge in [0.1, 0.15) is 5.82 Å². The van der Waals surface area contributed by atoms with Crippen molar-refractivity contribution < 1.29 is 22.7 Å². The number of benzene rings is 2. The molecule has 1 aliphatic rings. The lowest BCUT2D eigenvalue weighted by Crippen LogP contribution is -2.12. The van der Waals surface area contributed by atoms with Gasteiger partial charge in [0.2, 0.25) is 6.23 Å². The fraction of sp³-hybridized carbons (Fsp3) is 0.158. The Bertz CT molecular complexity index is 1070. The van der Waals surface area contributed by atoms with E-state index in [4.69, 9.17) is 0 Å². The second kappa shape index (κ2) is 6.02. The molecule has 0 aliphatic carbocycles. The molecule has 0 amide bonds. The molecule has 2 aromatic carbocycles. The van der Waals surface area contributed by atoms with E-state index in [0.29, 0.717) is 11.4 Å². The van der Waals surface area contributed by atoms with Crippen LogP contribution in [0, 0.1) is 12.7 Å². The van der Waals surface area contributed by atoms with Gasteiger partial charge in [-0.15, -0.1) is 0 Å². The predicted molar refractivity (Wildman–Crippen MR) is 90.3 cm³/mol. The first-order chi connectivity index (χ1) is 12.8. The molecule has 2 heterocycles. The second-order valence-electron chi connectivity index (χ2n) is 6.17. The van der Waals surface area contributed by atoms with Crippen LogP contribution in [0.4, 0.5) is 17.6 Å². The van der Waals surface area contributed by atoms with Crippen LogP contribution in [0.3, 0.4) is 0 Å². The van der Waals surface area contributed by atoms with Gasteiger partial charge in [0.05, 0.1) is 22.7 Å². The maximum absolute atomic E-state index is 14.4. The number of imidazole rings is 1. The van der Waals surface area contributed by atoms with Gasteiger partial charge in [0.25, 0.3) is 0 Å². The molecule has 27 heavy (non-hydrogen) atoms. The molecule has 1 aliphatic heterocycles. The van der Waals surface area contributed by atoms with E-state index < -0.39 is 23.8 Å². The zero-order valence-corrected chi connectivity index (χ0v) is 14.0. The minimum Gasteiger partial charge on any atom is -0.365 e. The largest absolute Gasteiger partial charge is 0.416 e. The third-order valence-corrected chi connectivity index (χ3v) is 4.30. The van der Waals surface area contributed by atoms with E-state index in [1.807, 2.05) is 0 Å². The summed E-state index contributed by atoms with van der Waals surface area (Å²) in [6.45, 7) is 1.69. The lowest BCUT2D eigenvalue weighted by molar-refractivity contribution is -0.137. The van der Waals surface area contributed by atoms with Gasteiger partial charge < -0.3 is 5.11 Å². The third kappa shape index (κ3) is 2.91. The fourth-order valence-corrected chi connectivity index (χ4v) is 3.12. The van der Waals surface area contributed by atoms with Gasteiger partial charge in [-0.25, -0.2) is 14.4 Å². The Labute approximate surface area is 151 Å². The van der Waals surface area contributed by atoms with Crippen molar-refractivity contribution in [3.63, 3.8) is 0 Å². The average Bonchev–Trinajstić information content (AvgIpc) is 2.96. The number of aromatic nitrogens is 2. The summed E-state index contributed by atoms with van der Waals surface area (Å²) in [5, 5.41) is 10.5. The van der Waals surface area contributed by atoms with Crippen LogP contribution in [-0.4, -0.2) is 20.4 Å². The Morgan fingerprint density at radius 2 is 1.81 bits per heavy atom. The number of hydrogen-bond donors (Lipinski definition) is 1. The van der Waals surface area contributed by atoms with Crippen LogP contribution in [0.25, 0.3) is 5.69 Å². The van der Waals surface area contributed by atoms with Crippen LogP contribution in [0.2, 0.25) is 0 Å². The summed E-state index contributed by atoms with van der Waals surface area (Å²) >= 11 is 0. The first kappa shape index (κ1) is 17.4. The molecule has 1 atom stereocenters. The molecule has 0 fully saturated rings. The zero-order valence-electron chi connectivity index (χ0n) is 14.0. The number of aliphatic hydroxyl groups excluding tert-OH is 1. The highest BCUT2D eigenvalue weighted by atomic mass is 19.4. The molecule has 0 saturated heterocycles. The molecule has 1 unspecified atom stereocenters. The van der Waals surface area contributed by atoms with E-state index in [-0.39, 0.29) is 22.7 Å². The highest BCUT2D eigenvalue weighted by Gasteiger charge is 2.33. The smallest absolute Gasteiger partial charge is 0.365 e. The van der Waals surface area contributed by atoms with E-state index in [9.17, 15) is 22.7 Å². The molecule has 4 rings (SSSR count). The third-order valence-electron chi connectivity index (χ3n) is 4.30. The van der Waals surface area contributed by atoms with Crippen LogP contribution in [0.1, 0.15) is 34.4 Å². The molecular formula is C19H13F4N3O. The van der Waals surface area contributed by atoms with E-state index in [2.05, 4.69) is 9.98 Å². The van der Waals surface area contributed by atoms with E-state index in [1.165, 1.54) is 28.8 Å². The minimum absolute atomic E-state index is 0.000371. The molecule has 138 valence electrons. The standard InChI is InChI=1S/C19H13F4N3O/c1-10-9-26-15-7-6-11(19(21,22)23)8-13(15)16(25-18(27)17(26)24-10)12-4-2-3-5-14(12)20/h2-9,18,27H,1H3. The first-order valence-corrected chi connectivity index (χ1v) is 8.04. The highest BCUT2D eigenvalue weighted by Crippen LogP contribution is 2.35. The van der Waals surface area contributed by atoms with Crippen LogP contribution in [-0.2, 0) is 6.18 Å². The van der Waals surface area contributed by atoms with Gasteiger partial charge in [-0.2, -0.15) is 13.2 Å². The molecule has 0 radical (unpaired) electrons. The van der Waals surface area contributed by atoms with E-state index in [0.717, 1.165) is 12.1 Å². The number of aliphatic hydroxyl groups is 1. The number of alkyl halides is 3. The summed E-state index contributed by atoms with van der Waals surface area (Å²) in [4.78, 5) is 8.31. The lowest BCUT2D eigenvalue weighted by Gasteiger charge is -2.15. The quantitative estimate of drug-likeness (QED) is 0.649. The molecular weight excluding hydrogens is 362 g/mol. The van der Waals surface area contributed by atoms with E-state index >= 15 is 0 Å². The molecule has 1 aromatic heterocycles. The topological polar surface area (TPSA) is 50.4 Å². The second-order valence-corrected chi connectivity index (χ2v) is 6.17. The Morgan fingerprint density at radius 1 is 1.07 bits per heavy atom. The van der Waals surface area contributed by atoms with Crippen LogP contribution >= 0.6 is 0 Å². The van der Waals surface area contributed by atoms with Gasteiger partial charge in [0.15, 0.2) is 5.82 Å². The monoisotopic (exact) mass is 375 g/mol. The van der Waals surface area contributed by atoms with Crippen molar-refractivity contribution in [1.82, 2.24) is 9.55 Å². The van der Waals surface area contributed by atoms with Crippen LogP contribution in [0.5, 0.6) is 0 Å². The minimum atomic E-state index is -4.58. The van der Waals surface area contributed by atoms with Gasteiger partial charge in [-0.1, -0.05) is 12.1 Å². The lowest BCUT2D eigenvalue weighted by atomic mass is 9.97. The van der Waals surface area contributed by atoms with Crippen molar-refractivity contribution in [3.05, 3.63) is 82.7 Å². The summed E-state index contributed by atoms with van der Waals surface area (Å²) in [7, 11) is 0. The molecule has 0 spiro atoms. The fourth-order valence-electron chi connectivity index (χ4n) is 3.12. The van der Waals surface area contributed by atoms with Gasteiger partial charge in [-0.3, -0.25) is 4.57 Å². The molecule has 1 N–H and O–H groups in total. The average molecular weight is 375 g/mol. The number of nitrogens with zero attached hydrogens (tertiary/aromatic N) is 3.